The standard InChI is InChI=1S/C22H30N2O3/c1-3-24(22(25)21-10-6-14-27-21)17-19-8-5-12-23(16-19)13-11-18-7-4-9-20(15-18)26-2/h4,6-7,9-10,14-15,19H,3,5,8,11-13,16-17H2,1-2H3. The molecule has 0 aliphatic carbocycles. The number of ether oxygens (including phenoxy) is 1. The van der Waals surface area contributed by atoms with E-state index < -0.39 is 0 Å². The minimum atomic E-state index is -0.00370. The predicted octanol–water partition coefficient (Wildman–Crippen LogP) is 3.71. The Morgan fingerprint density at radius 2 is 2.22 bits per heavy atom. The lowest BCUT2D eigenvalue weighted by Crippen LogP contribution is -2.43. The highest BCUT2D eigenvalue weighted by Gasteiger charge is 2.25. The number of hydrogen-bond acceptors (Lipinski definition) is 4. The zero-order chi connectivity index (χ0) is 19.1. The number of amides is 1. The third kappa shape index (κ3) is 5.36. The fraction of sp³-hybridized carbons (Fsp3) is 0.500. The monoisotopic (exact) mass is 370 g/mol. The second-order valence-electron chi connectivity index (χ2n) is 7.23. The van der Waals surface area contributed by atoms with E-state index >= 15 is 0 Å². The van der Waals surface area contributed by atoms with Crippen LogP contribution in [0.4, 0.5) is 0 Å². The molecule has 27 heavy (non-hydrogen) atoms. The summed E-state index contributed by atoms with van der Waals surface area (Å²) in [6.07, 6.45) is 4.95. The smallest absolute Gasteiger partial charge is 0.289 e. The molecular formula is C22H30N2O3. The molecule has 2 aromatic rings. The second-order valence-corrected chi connectivity index (χ2v) is 7.23. The quantitative estimate of drug-likeness (QED) is 0.711. The van der Waals surface area contributed by atoms with Gasteiger partial charge in [-0.2, -0.15) is 0 Å². The van der Waals surface area contributed by atoms with Crippen LogP contribution in [0.2, 0.25) is 0 Å². The summed E-state index contributed by atoms with van der Waals surface area (Å²) in [6, 6.07) is 11.8. The number of hydrogen-bond donors (Lipinski definition) is 0. The molecule has 1 unspecified atom stereocenters. The molecule has 0 spiro atoms. The van der Waals surface area contributed by atoms with Crippen LogP contribution in [0.25, 0.3) is 0 Å². The average molecular weight is 370 g/mol. The number of furan rings is 1. The van der Waals surface area contributed by atoms with Crippen molar-refractivity contribution in [3.8, 4) is 5.75 Å². The van der Waals surface area contributed by atoms with Gasteiger partial charge in [0.15, 0.2) is 5.76 Å². The Hall–Kier alpha value is -2.27. The van der Waals surface area contributed by atoms with E-state index in [4.69, 9.17) is 9.15 Å². The van der Waals surface area contributed by atoms with E-state index in [1.165, 1.54) is 18.4 Å². The van der Waals surface area contributed by atoms with Crippen molar-refractivity contribution < 1.29 is 13.9 Å². The highest BCUT2D eigenvalue weighted by molar-refractivity contribution is 5.91. The molecule has 1 saturated heterocycles. The van der Waals surface area contributed by atoms with Crippen LogP contribution in [0, 0.1) is 5.92 Å². The molecule has 3 rings (SSSR count). The van der Waals surface area contributed by atoms with Crippen LogP contribution in [0.15, 0.2) is 47.1 Å². The molecule has 0 saturated carbocycles. The van der Waals surface area contributed by atoms with Gasteiger partial charge in [-0.25, -0.2) is 0 Å². The Kier molecular flexibility index (Phi) is 6.93. The summed E-state index contributed by atoms with van der Waals surface area (Å²) >= 11 is 0. The average Bonchev–Trinajstić information content (AvgIpc) is 3.25. The molecule has 1 aromatic heterocycles. The van der Waals surface area contributed by atoms with Crippen LogP contribution in [0.5, 0.6) is 5.75 Å². The van der Waals surface area contributed by atoms with Crippen molar-refractivity contribution in [2.75, 3.05) is 39.8 Å². The van der Waals surface area contributed by atoms with Crippen LogP contribution in [0.1, 0.15) is 35.9 Å². The molecule has 1 fully saturated rings. The Bertz CT molecular complexity index is 714. The largest absolute Gasteiger partial charge is 0.497 e. The molecular weight excluding hydrogens is 340 g/mol. The lowest BCUT2D eigenvalue weighted by atomic mass is 9.96. The Balaban J connectivity index is 1.51. The molecule has 1 amide bonds. The van der Waals surface area contributed by atoms with Gasteiger partial charge in [0.2, 0.25) is 0 Å². The van der Waals surface area contributed by atoms with Gasteiger partial charge in [-0.05, 0) is 68.5 Å². The molecule has 5 heteroatoms. The first-order valence-electron chi connectivity index (χ1n) is 9.87. The predicted molar refractivity (Wildman–Crippen MR) is 106 cm³/mol. The van der Waals surface area contributed by atoms with Crippen molar-refractivity contribution in [2.24, 2.45) is 5.92 Å². The van der Waals surface area contributed by atoms with Crippen molar-refractivity contribution in [2.45, 2.75) is 26.2 Å². The first-order chi connectivity index (χ1) is 13.2. The Morgan fingerprint density at radius 1 is 1.33 bits per heavy atom. The van der Waals surface area contributed by atoms with Gasteiger partial charge in [0.1, 0.15) is 5.75 Å². The zero-order valence-corrected chi connectivity index (χ0v) is 16.4. The van der Waals surface area contributed by atoms with E-state index in [9.17, 15) is 4.79 Å². The number of likely N-dealkylation sites (tertiary alicyclic amines) is 1. The molecule has 0 radical (unpaired) electrons. The minimum Gasteiger partial charge on any atom is -0.497 e. The third-order valence-corrected chi connectivity index (χ3v) is 5.33. The maximum Gasteiger partial charge on any atom is 0.289 e. The number of carbonyl (C=O) groups excluding carboxylic acids is 1. The highest BCUT2D eigenvalue weighted by Crippen LogP contribution is 2.20. The van der Waals surface area contributed by atoms with E-state index in [0.29, 0.717) is 18.2 Å². The van der Waals surface area contributed by atoms with Gasteiger partial charge in [-0.1, -0.05) is 12.1 Å². The fourth-order valence-corrected chi connectivity index (χ4v) is 3.84. The molecule has 1 aliphatic heterocycles. The van der Waals surface area contributed by atoms with Gasteiger partial charge in [-0.15, -0.1) is 0 Å². The molecule has 1 aromatic carbocycles. The number of piperidine rings is 1. The molecule has 146 valence electrons. The lowest BCUT2D eigenvalue weighted by molar-refractivity contribution is 0.0660. The molecule has 0 bridgehead atoms. The summed E-state index contributed by atoms with van der Waals surface area (Å²) in [4.78, 5) is 17.0. The number of rotatable bonds is 8. The summed E-state index contributed by atoms with van der Waals surface area (Å²) < 4.78 is 10.6. The molecule has 1 atom stereocenters. The number of carbonyl (C=O) groups is 1. The van der Waals surface area contributed by atoms with Crippen LogP contribution < -0.4 is 4.74 Å². The molecule has 0 N–H and O–H groups in total. The van der Waals surface area contributed by atoms with Crippen LogP contribution in [-0.4, -0.2) is 55.5 Å². The van der Waals surface area contributed by atoms with Gasteiger partial charge in [0.05, 0.1) is 13.4 Å². The van der Waals surface area contributed by atoms with Crippen molar-refractivity contribution in [1.29, 1.82) is 0 Å². The first-order valence-corrected chi connectivity index (χ1v) is 9.87. The number of methoxy groups -OCH3 is 1. The van der Waals surface area contributed by atoms with E-state index in [1.807, 2.05) is 24.0 Å². The van der Waals surface area contributed by atoms with E-state index in [2.05, 4.69) is 17.0 Å². The second kappa shape index (κ2) is 9.60. The Labute approximate surface area is 161 Å². The van der Waals surface area contributed by atoms with Gasteiger partial charge >= 0.3 is 0 Å². The van der Waals surface area contributed by atoms with Gasteiger partial charge in [-0.3, -0.25) is 4.79 Å². The topological polar surface area (TPSA) is 45.9 Å². The molecule has 1 aliphatic rings. The number of nitrogens with zero attached hydrogens (tertiary/aromatic N) is 2. The van der Waals surface area contributed by atoms with Gasteiger partial charge in [0, 0.05) is 26.2 Å². The van der Waals surface area contributed by atoms with Crippen molar-refractivity contribution >= 4 is 5.91 Å². The molecule has 5 nitrogen and oxygen atoms in total. The van der Waals surface area contributed by atoms with Gasteiger partial charge < -0.3 is 19.0 Å². The van der Waals surface area contributed by atoms with Crippen LogP contribution >= 0.6 is 0 Å². The zero-order valence-electron chi connectivity index (χ0n) is 16.4. The van der Waals surface area contributed by atoms with Crippen molar-refractivity contribution in [1.82, 2.24) is 9.80 Å². The minimum absolute atomic E-state index is 0.00370. The summed E-state index contributed by atoms with van der Waals surface area (Å²) in [5.41, 5.74) is 1.31. The summed E-state index contributed by atoms with van der Waals surface area (Å²) in [5.74, 6) is 1.86. The van der Waals surface area contributed by atoms with Gasteiger partial charge in [0.25, 0.3) is 5.91 Å². The first kappa shape index (κ1) is 19.5. The summed E-state index contributed by atoms with van der Waals surface area (Å²) in [5, 5.41) is 0. The summed E-state index contributed by atoms with van der Waals surface area (Å²) in [7, 11) is 1.71. The maximum atomic E-state index is 12.6. The van der Waals surface area contributed by atoms with E-state index in [0.717, 1.165) is 38.3 Å². The fourth-order valence-electron chi connectivity index (χ4n) is 3.84. The number of benzene rings is 1. The highest BCUT2D eigenvalue weighted by atomic mass is 16.5. The molecule has 2 heterocycles. The summed E-state index contributed by atoms with van der Waals surface area (Å²) in [6.45, 7) is 6.77. The van der Waals surface area contributed by atoms with E-state index in [1.54, 1.807) is 25.5 Å². The maximum absolute atomic E-state index is 12.6. The third-order valence-electron chi connectivity index (χ3n) is 5.33. The SMILES string of the molecule is CCN(CC1CCCN(CCc2cccc(OC)c2)C1)C(=O)c1ccco1. The van der Waals surface area contributed by atoms with Crippen LogP contribution in [0.3, 0.4) is 0 Å². The van der Waals surface area contributed by atoms with Crippen molar-refractivity contribution in [3.05, 3.63) is 54.0 Å². The van der Waals surface area contributed by atoms with E-state index in [-0.39, 0.29) is 5.91 Å². The van der Waals surface area contributed by atoms with Crippen molar-refractivity contribution in [3.63, 3.8) is 0 Å². The lowest BCUT2D eigenvalue weighted by Gasteiger charge is -2.35. The Morgan fingerprint density at radius 3 is 2.96 bits per heavy atom. The van der Waals surface area contributed by atoms with Crippen LogP contribution in [-0.2, 0) is 6.42 Å². The normalized spacial score (nSPS) is 17.6.